The monoisotopic (exact) mass is 478 g/mol. The van der Waals surface area contributed by atoms with Gasteiger partial charge in [-0.2, -0.15) is 15.8 Å². The average Bonchev–Trinajstić information content (AvgIpc) is 3.37. The van der Waals surface area contributed by atoms with Crippen LogP contribution in [0.4, 0.5) is 0 Å². The van der Waals surface area contributed by atoms with E-state index >= 15 is 0 Å². The van der Waals surface area contributed by atoms with E-state index in [4.69, 9.17) is 27.1 Å². The summed E-state index contributed by atoms with van der Waals surface area (Å²) in [6.07, 6.45) is 0.892. The Labute approximate surface area is 207 Å². The number of aryl methyl sites for hydroxylation is 1. The highest BCUT2D eigenvalue weighted by Crippen LogP contribution is 2.37. The number of benzene rings is 3. The molecule has 0 saturated carbocycles. The fourth-order valence-corrected chi connectivity index (χ4v) is 4.96. The predicted octanol–water partition coefficient (Wildman–Crippen LogP) is 6.76. The van der Waals surface area contributed by atoms with E-state index in [1.54, 1.807) is 24.3 Å². The van der Waals surface area contributed by atoms with E-state index in [1.807, 2.05) is 54.8 Å². The van der Waals surface area contributed by atoms with Gasteiger partial charge >= 0.3 is 0 Å². The Balaban J connectivity index is 1.76. The summed E-state index contributed by atoms with van der Waals surface area (Å²) in [7, 11) is 0. The third-order valence-corrected chi connectivity index (χ3v) is 7.23. The number of hydrogen-bond acceptors (Lipinski definition) is 5. The number of thiazole rings is 1. The molecule has 1 aromatic heterocycles. The number of halogens is 1. The second kappa shape index (κ2) is 9.90. The van der Waals surface area contributed by atoms with Crippen molar-refractivity contribution >= 4 is 22.9 Å². The van der Waals surface area contributed by atoms with Crippen LogP contribution in [0.25, 0.3) is 11.3 Å². The van der Waals surface area contributed by atoms with Crippen LogP contribution in [-0.2, 0) is 18.3 Å². The fraction of sp³-hybridized carbons (Fsp3) is 0.143. The molecule has 0 aliphatic rings. The van der Waals surface area contributed by atoms with Crippen LogP contribution in [0, 0.1) is 40.9 Å². The van der Waals surface area contributed by atoms with Gasteiger partial charge in [0.15, 0.2) is 0 Å². The van der Waals surface area contributed by atoms with Crippen LogP contribution < -0.4 is 0 Å². The molecule has 0 radical (unpaired) electrons. The van der Waals surface area contributed by atoms with E-state index < -0.39 is 5.41 Å². The van der Waals surface area contributed by atoms with Crippen LogP contribution in [0.1, 0.15) is 32.8 Å². The Hall–Kier alpha value is -3.95. The smallest absolute Gasteiger partial charge is 0.117 e. The molecule has 0 bridgehead atoms. The molecule has 4 nitrogen and oxygen atoms in total. The molecular formula is C28H19ClN4S. The van der Waals surface area contributed by atoms with E-state index in [9.17, 15) is 5.26 Å². The zero-order chi connectivity index (χ0) is 24.1. The van der Waals surface area contributed by atoms with Gasteiger partial charge in [0.1, 0.15) is 10.4 Å². The molecule has 4 rings (SSSR count). The molecule has 164 valence electrons. The minimum Gasteiger partial charge on any atom is -0.239 e. The van der Waals surface area contributed by atoms with Crippen LogP contribution in [0.15, 0.2) is 72.1 Å². The minimum absolute atomic E-state index is 0.446. The predicted molar refractivity (Wildman–Crippen MR) is 134 cm³/mol. The van der Waals surface area contributed by atoms with Gasteiger partial charge in [-0.05, 0) is 72.9 Å². The number of hydrogen-bond donors (Lipinski definition) is 0. The van der Waals surface area contributed by atoms with E-state index in [1.165, 1.54) is 11.3 Å². The van der Waals surface area contributed by atoms with Gasteiger partial charge in [0.25, 0.3) is 0 Å². The molecular weight excluding hydrogens is 460 g/mol. The van der Waals surface area contributed by atoms with Crippen molar-refractivity contribution in [2.24, 2.45) is 0 Å². The van der Waals surface area contributed by atoms with Gasteiger partial charge in [-0.1, -0.05) is 41.9 Å². The second-order valence-electron chi connectivity index (χ2n) is 8.17. The Kier molecular flexibility index (Phi) is 6.76. The lowest BCUT2D eigenvalue weighted by atomic mass is 9.78. The third-order valence-electron chi connectivity index (χ3n) is 5.76. The topological polar surface area (TPSA) is 84.3 Å². The molecule has 0 unspecified atom stereocenters. The number of rotatable bonds is 6. The Morgan fingerprint density at radius 1 is 0.853 bits per heavy atom. The summed E-state index contributed by atoms with van der Waals surface area (Å²) in [5.74, 6) is 0. The molecule has 6 heteroatoms. The second-order valence-corrected chi connectivity index (χ2v) is 9.43. The minimum atomic E-state index is -0.910. The van der Waals surface area contributed by atoms with Gasteiger partial charge in [0.2, 0.25) is 0 Å². The first-order valence-corrected chi connectivity index (χ1v) is 11.8. The lowest BCUT2D eigenvalue weighted by Crippen LogP contribution is -2.30. The molecule has 0 amide bonds. The molecule has 0 atom stereocenters. The fourth-order valence-electron chi connectivity index (χ4n) is 3.86. The van der Waals surface area contributed by atoms with Crippen molar-refractivity contribution in [2.45, 2.75) is 25.2 Å². The highest BCUT2D eigenvalue weighted by molar-refractivity contribution is 7.10. The highest BCUT2D eigenvalue weighted by atomic mass is 35.5. The summed E-state index contributed by atoms with van der Waals surface area (Å²) in [6, 6.07) is 27.2. The molecule has 0 saturated heterocycles. The quantitative estimate of drug-likeness (QED) is 0.306. The molecule has 1 heterocycles. The average molecular weight is 479 g/mol. The van der Waals surface area contributed by atoms with E-state index in [0.717, 1.165) is 33.0 Å². The van der Waals surface area contributed by atoms with Crippen molar-refractivity contribution in [1.29, 1.82) is 15.8 Å². The van der Waals surface area contributed by atoms with Crippen molar-refractivity contribution in [1.82, 2.24) is 4.98 Å². The van der Waals surface area contributed by atoms with Crippen molar-refractivity contribution in [3.05, 3.63) is 110 Å². The first kappa shape index (κ1) is 23.2. The molecule has 0 spiro atoms. The maximum atomic E-state index is 10.5. The summed E-state index contributed by atoms with van der Waals surface area (Å²) in [6.45, 7) is 1.95. The first-order valence-electron chi connectivity index (χ1n) is 10.6. The maximum absolute atomic E-state index is 10.5. The normalized spacial score (nSPS) is 10.8. The maximum Gasteiger partial charge on any atom is 0.117 e. The zero-order valence-corrected chi connectivity index (χ0v) is 20.0. The van der Waals surface area contributed by atoms with Crippen LogP contribution in [-0.4, -0.2) is 4.98 Å². The summed E-state index contributed by atoms with van der Waals surface area (Å²) < 4.78 is 0. The van der Waals surface area contributed by atoms with Crippen molar-refractivity contribution in [3.63, 3.8) is 0 Å². The zero-order valence-electron chi connectivity index (χ0n) is 18.4. The standard InChI is InChI=1S/C28H19ClN4S/c1-19-12-24(10-11-25(19)29)26-17-34-27(33-26)28(18-32,13-20-2-6-22(15-30)7-3-20)14-21-4-8-23(16-31)9-5-21/h2-12,17H,13-14H2,1H3. The van der Waals surface area contributed by atoms with Crippen molar-refractivity contribution in [2.75, 3.05) is 0 Å². The van der Waals surface area contributed by atoms with E-state index in [0.29, 0.717) is 29.0 Å². The van der Waals surface area contributed by atoms with Gasteiger partial charge < -0.3 is 0 Å². The first-order chi connectivity index (χ1) is 16.5. The van der Waals surface area contributed by atoms with Crippen LogP contribution in [0.5, 0.6) is 0 Å². The van der Waals surface area contributed by atoms with E-state index in [-0.39, 0.29) is 0 Å². The summed E-state index contributed by atoms with van der Waals surface area (Å²) >= 11 is 7.66. The number of aromatic nitrogens is 1. The van der Waals surface area contributed by atoms with Crippen molar-refractivity contribution in [3.8, 4) is 29.5 Å². The molecule has 0 aliphatic heterocycles. The Morgan fingerprint density at radius 2 is 1.41 bits per heavy atom. The summed E-state index contributed by atoms with van der Waals surface area (Å²) in [5, 5.41) is 32.2. The van der Waals surface area contributed by atoms with Gasteiger partial charge in [-0.25, -0.2) is 4.98 Å². The lowest BCUT2D eigenvalue weighted by Gasteiger charge is -2.25. The van der Waals surface area contributed by atoms with Gasteiger partial charge in [0, 0.05) is 16.0 Å². The van der Waals surface area contributed by atoms with Gasteiger partial charge in [-0.15, -0.1) is 11.3 Å². The molecule has 0 fully saturated rings. The largest absolute Gasteiger partial charge is 0.239 e. The van der Waals surface area contributed by atoms with Gasteiger partial charge in [0.05, 0.1) is 35.0 Å². The summed E-state index contributed by atoms with van der Waals surface area (Å²) in [4.78, 5) is 4.90. The van der Waals surface area contributed by atoms with Crippen LogP contribution in [0.2, 0.25) is 5.02 Å². The van der Waals surface area contributed by atoms with Crippen LogP contribution in [0.3, 0.4) is 0 Å². The van der Waals surface area contributed by atoms with E-state index in [2.05, 4.69) is 18.2 Å². The Morgan fingerprint density at radius 3 is 1.88 bits per heavy atom. The molecule has 3 aromatic carbocycles. The Bertz CT molecular complexity index is 1390. The molecule has 4 aromatic rings. The molecule has 34 heavy (non-hydrogen) atoms. The summed E-state index contributed by atoms with van der Waals surface area (Å²) in [5.41, 5.74) is 4.87. The molecule has 0 aliphatic carbocycles. The van der Waals surface area contributed by atoms with Crippen LogP contribution >= 0.6 is 22.9 Å². The van der Waals surface area contributed by atoms with Crippen molar-refractivity contribution < 1.29 is 0 Å². The number of nitrogens with zero attached hydrogens (tertiary/aromatic N) is 4. The highest BCUT2D eigenvalue weighted by Gasteiger charge is 2.36. The third kappa shape index (κ3) is 4.85. The number of nitriles is 3. The van der Waals surface area contributed by atoms with Gasteiger partial charge in [-0.3, -0.25) is 0 Å². The molecule has 0 N–H and O–H groups in total. The SMILES string of the molecule is Cc1cc(-c2csc(C(C#N)(Cc3ccc(C#N)cc3)Cc3ccc(C#N)cc3)n2)ccc1Cl. The lowest BCUT2D eigenvalue weighted by molar-refractivity contribution is 0.538.